The number of primary amides is 1. The number of hydrogen-bond donors (Lipinski definition) is 2. The van der Waals surface area contributed by atoms with Crippen LogP contribution in [0.1, 0.15) is 26.2 Å². The third-order valence-corrected chi connectivity index (χ3v) is 4.02. The lowest BCUT2D eigenvalue weighted by molar-refractivity contribution is -0.142. The van der Waals surface area contributed by atoms with Crippen LogP contribution in [0.3, 0.4) is 0 Å². The Morgan fingerprint density at radius 3 is 2.67 bits per heavy atom. The van der Waals surface area contributed by atoms with Crippen LogP contribution in [0.15, 0.2) is 0 Å². The normalized spacial score (nSPS) is 36.7. The Labute approximate surface area is 107 Å². The number of amides is 2. The van der Waals surface area contributed by atoms with Crippen LogP contribution in [0.5, 0.6) is 0 Å². The van der Waals surface area contributed by atoms with Crippen molar-refractivity contribution in [2.24, 2.45) is 17.4 Å². The zero-order chi connectivity index (χ0) is 13.3. The quantitative estimate of drug-likeness (QED) is 0.676. The molecule has 0 saturated carbocycles. The number of nitrogens with zero attached hydrogens (tertiary/aromatic N) is 1. The van der Waals surface area contributed by atoms with Gasteiger partial charge in [-0.1, -0.05) is 0 Å². The third-order valence-electron chi connectivity index (χ3n) is 4.02. The highest BCUT2D eigenvalue weighted by Gasteiger charge is 2.44. The summed E-state index contributed by atoms with van der Waals surface area (Å²) in [5, 5.41) is 0. The van der Waals surface area contributed by atoms with Crippen LogP contribution in [0, 0.1) is 5.92 Å². The third kappa shape index (κ3) is 2.35. The van der Waals surface area contributed by atoms with E-state index in [0.29, 0.717) is 19.6 Å². The van der Waals surface area contributed by atoms with Crippen molar-refractivity contribution in [2.45, 2.75) is 37.8 Å². The highest BCUT2D eigenvalue weighted by atomic mass is 16.5. The van der Waals surface area contributed by atoms with Crippen LogP contribution in [-0.4, -0.2) is 48.1 Å². The van der Waals surface area contributed by atoms with Crippen LogP contribution in [0.4, 0.5) is 0 Å². The molecule has 2 fully saturated rings. The van der Waals surface area contributed by atoms with E-state index in [-0.39, 0.29) is 30.4 Å². The zero-order valence-corrected chi connectivity index (χ0v) is 10.7. The molecule has 3 atom stereocenters. The number of carbonyl (C=O) groups is 2. The molecule has 2 saturated heterocycles. The summed E-state index contributed by atoms with van der Waals surface area (Å²) >= 11 is 0. The largest absolute Gasteiger partial charge is 0.379 e. The highest BCUT2D eigenvalue weighted by Crippen LogP contribution is 2.26. The Morgan fingerprint density at radius 2 is 2.11 bits per heavy atom. The molecule has 2 heterocycles. The Bertz CT molecular complexity index is 352. The van der Waals surface area contributed by atoms with E-state index < -0.39 is 5.54 Å². The Balaban J connectivity index is 2.10. The van der Waals surface area contributed by atoms with Crippen molar-refractivity contribution in [2.75, 3.05) is 19.8 Å². The van der Waals surface area contributed by atoms with Crippen molar-refractivity contribution in [3.05, 3.63) is 0 Å². The van der Waals surface area contributed by atoms with E-state index in [1.807, 2.05) is 6.92 Å². The minimum absolute atomic E-state index is 0.106. The molecular weight excluding hydrogens is 234 g/mol. The molecule has 0 aromatic rings. The lowest BCUT2D eigenvalue weighted by atomic mass is 9.89. The summed E-state index contributed by atoms with van der Waals surface area (Å²) in [4.78, 5) is 25.4. The lowest BCUT2D eigenvalue weighted by Crippen LogP contribution is -2.60. The lowest BCUT2D eigenvalue weighted by Gasteiger charge is -2.40. The number of nitrogens with two attached hydrogens (primary N) is 2. The molecule has 2 aliphatic rings. The maximum atomic E-state index is 12.5. The van der Waals surface area contributed by atoms with Gasteiger partial charge in [0.25, 0.3) is 0 Å². The van der Waals surface area contributed by atoms with E-state index in [9.17, 15) is 9.59 Å². The molecule has 0 aliphatic carbocycles. The van der Waals surface area contributed by atoms with Gasteiger partial charge < -0.3 is 21.1 Å². The summed E-state index contributed by atoms with van der Waals surface area (Å²) in [6.45, 7) is 3.14. The fraction of sp³-hybridized carbons (Fsp3) is 0.833. The fourth-order valence-corrected chi connectivity index (χ4v) is 2.66. The second kappa shape index (κ2) is 4.85. The van der Waals surface area contributed by atoms with Gasteiger partial charge >= 0.3 is 0 Å². The van der Waals surface area contributed by atoms with E-state index in [4.69, 9.17) is 16.2 Å². The number of piperidine rings is 1. The zero-order valence-electron chi connectivity index (χ0n) is 10.7. The van der Waals surface area contributed by atoms with Gasteiger partial charge in [-0.15, -0.1) is 0 Å². The van der Waals surface area contributed by atoms with Crippen molar-refractivity contribution in [3.63, 3.8) is 0 Å². The fourth-order valence-electron chi connectivity index (χ4n) is 2.66. The monoisotopic (exact) mass is 255 g/mol. The summed E-state index contributed by atoms with van der Waals surface area (Å²) in [5.74, 6) is -0.706. The van der Waals surface area contributed by atoms with Crippen LogP contribution in [0.2, 0.25) is 0 Å². The molecule has 3 unspecified atom stereocenters. The summed E-state index contributed by atoms with van der Waals surface area (Å²) in [5.41, 5.74) is 10.5. The number of rotatable bonds is 2. The average Bonchev–Trinajstić information content (AvgIpc) is 2.77. The summed E-state index contributed by atoms with van der Waals surface area (Å²) < 4.78 is 5.22. The molecule has 2 rings (SSSR count). The molecule has 0 radical (unpaired) electrons. The molecule has 6 heteroatoms. The Hall–Kier alpha value is -1.14. The first-order valence-corrected chi connectivity index (χ1v) is 6.41. The van der Waals surface area contributed by atoms with Crippen molar-refractivity contribution in [1.29, 1.82) is 0 Å². The number of carbonyl (C=O) groups excluding carboxylic acids is 2. The number of hydrogen-bond acceptors (Lipinski definition) is 4. The van der Waals surface area contributed by atoms with Crippen molar-refractivity contribution in [1.82, 2.24) is 4.90 Å². The van der Waals surface area contributed by atoms with Gasteiger partial charge in [0.2, 0.25) is 11.8 Å². The van der Waals surface area contributed by atoms with Gasteiger partial charge in [-0.25, -0.2) is 0 Å². The van der Waals surface area contributed by atoms with Crippen molar-refractivity contribution >= 4 is 11.8 Å². The molecule has 0 aromatic carbocycles. The first-order valence-electron chi connectivity index (χ1n) is 6.41. The first kappa shape index (κ1) is 13.3. The van der Waals surface area contributed by atoms with Crippen LogP contribution in [-0.2, 0) is 14.3 Å². The van der Waals surface area contributed by atoms with Gasteiger partial charge in [0, 0.05) is 19.2 Å². The molecule has 2 amide bonds. The van der Waals surface area contributed by atoms with Crippen LogP contribution < -0.4 is 11.5 Å². The van der Waals surface area contributed by atoms with Gasteiger partial charge in [-0.2, -0.15) is 0 Å². The Kier molecular flexibility index (Phi) is 3.59. The molecule has 6 nitrogen and oxygen atoms in total. The predicted octanol–water partition coefficient (Wildman–Crippen LogP) is -0.783. The van der Waals surface area contributed by atoms with E-state index in [1.165, 1.54) is 0 Å². The Morgan fingerprint density at radius 1 is 1.39 bits per heavy atom. The predicted molar refractivity (Wildman–Crippen MR) is 65.4 cm³/mol. The highest BCUT2D eigenvalue weighted by molar-refractivity contribution is 5.88. The van der Waals surface area contributed by atoms with Gasteiger partial charge in [-0.3, -0.25) is 9.59 Å². The molecule has 18 heavy (non-hydrogen) atoms. The molecule has 4 N–H and O–H groups in total. The SMILES string of the molecule is CC1CCC(C(N)=O)CN1C(=O)C1(N)CCOC1. The maximum Gasteiger partial charge on any atom is 0.245 e. The average molecular weight is 255 g/mol. The number of ether oxygens (including phenoxy) is 1. The second-order valence-corrected chi connectivity index (χ2v) is 5.44. The molecule has 0 spiro atoms. The van der Waals surface area contributed by atoms with Gasteiger partial charge in [0.15, 0.2) is 0 Å². The molecular formula is C12H21N3O3. The minimum Gasteiger partial charge on any atom is -0.379 e. The first-order chi connectivity index (χ1) is 8.44. The summed E-state index contributed by atoms with van der Waals surface area (Å²) in [6, 6.07) is 0.106. The van der Waals surface area contributed by atoms with Crippen LogP contribution >= 0.6 is 0 Å². The van der Waals surface area contributed by atoms with E-state index >= 15 is 0 Å². The smallest absolute Gasteiger partial charge is 0.245 e. The van der Waals surface area contributed by atoms with Gasteiger partial charge in [0.05, 0.1) is 12.5 Å². The van der Waals surface area contributed by atoms with Gasteiger partial charge in [-0.05, 0) is 26.2 Å². The van der Waals surface area contributed by atoms with Crippen molar-refractivity contribution < 1.29 is 14.3 Å². The second-order valence-electron chi connectivity index (χ2n) is 5.44. The van der Waals surface area contributed by atoms with E-state index in [1.54, 1.807) is 4.90 Å². The molecule has 102 valence electrons. The van der Waals surface area contributed by atoms with Crippen molar-refractivity contribution in [3.8, 4) is 0 Å². The molecule has 0 bridgehead atoms. The number of likely N-dealkylation sites (tertiary alicyclic amines) is 1. The minimum atomic E-state index is -0.923. The van der Waals surface area contributed by atoms with E-state index in [2.05, 4.69) is 0 Å². The van der Waals surface area contributed by atoms with Crippen LogP contribution in [0.25, 0.3) is 0 Å². The van der Waals surface area contributed by atoms with E-state index in [0.717, 1.165) is 12.8 Å². The van der Waals surface area contributed by atoms with Gasteiger partial charge in [0.1, 0.15) is 5.54 Å². The summed E-state index contributed by atoms with van der Waals surface area (Å²) in [6.07, 6.45) is 2.07. The maximum absolute atomic E-state index is 12.5. The molecule has 2 aliphatic heterocycles. The topological polar surface area (TPSA) is 98.7 Å². The standard InChI is InChI=1S/C12H21N3O3/c1-8-2-3-9(10(13)16)6-15(8)11(17)12(14)4-5-18-7-12/h8-9H,2-7,14H2,1H3,(H2,13,16). The summed E-state index contributed by atoms with van der Waals surface area (Å²) in [7, 11) is 0. The molecule has 0 aromatic heterocycles.